The number of ether oxygens (including phenoxy) is 1. The summed E-state index contributed by atoms with van der Waals surface area (Å²) in [6.45, 7) is 1.62. The maximum atomic E-state index is 14.8. The van der Waals surface area contributed by atoms with Crippen molar-refractivity contribution in [1.82, 2.24) is 5.32 Å². The highest BCUT2D eigenvalue weighted by molar-refractivity contribution is 6.03. The molecule has 4 rings (SSSR count). The van der Waals surface area contributed by atoms with Gasteiger partial charge < -0.3 is 20.3 Å². The molecule has 0 radical (unpaired) electrons. The Labute approximate surface area is 174 Å². The molecule has 1 saturated heterocycles. The molecule has 2 heterocycles. The average molecular weight is 420 g/mol. The number of methoxy groups -OCH3 is 1. The molecule has 1 unspecified atom stereocenters. The number of nitrogens with one attached hydrogen (secondary N) is 2. The summed E-state index contributed by atoms with van der Waals surface area (Å²) in [5, 5.41) is 5.88. The molecule has 6 nitrogen and oxygen atoms in total. The second-order valence-electron chi connectivity index (χ2n) is 7.08. The minimum atomic E-state index is -0.522. The lowest BCUT2D eigenvalue weighted by atomic mass is 9.99. The molecule has 1 atom stereocenters. The monoisotopic (exact) mass is 419 g/mol. The molecule has 2 amide bonds. The number of fused-ring (bicyclic) bond motifs is 1. The van der Waals surface area contributed by atoms with Crippen molar-refractivity contribution < 1.29 is 18.7 Å². The zero-order valence-electron chi connectivity index (χ0n) is 16.0. The lowest BCUT2D eigenvalue weighted by molar-refractivity contribution is -0.122. The lowest BCUT2D eigenvalue weighted by Crippen LogP contribution is -2.29. The first-order valence-corrected chi connectivity index (χ1v) is 9.33. The van der Waals surface area contributed by atoms with E-state index in [1.54, 1.807) is 42.3 Å². The van der Waals surface area contributed by atoms with E-state index in [-0.39, 0.29) is 48.7 Å². The van der Waals surface area contributed by atoms with Crippen LogP contribution in [0.3, 0.4) is 0 Å². The highest BCUT2D eigenvalue weighted by Crippen LogP contribution is 2.29. The Bertz CT molecular complexity index is 920. The van der Waals surface area contributed by atoms with Crippen molar-refractivity contribution in [2.24, 2.45) is 5.92 Å². The second kappa shape index (κ2) is 8.80. The molecule has 2 aromatic carbocycles. The predicted octanol–water partition coefficient (Wildman–Crippen LogP) is 2.89. The van der Waals surface area contributed by atoms with E-state index >= 15 is 0 Å². The van der Waals surface area contributed by atoms with E-state index in [9.17, 15) is 14.0 Å². The average Bonchev–Trinajstić information content (AvgIpc) is 3.12. The Morgan fingerprint density at radius 2 is 2.00 bits per heavy atom. The number of anilines is 2. The van der Waals surface area contributed by atoms with Crippen LogP contribution in [0.5, 0.6) is 5.75 Å². The zero-order chi connectivity index (χ0) is 19.7. The van der Waals surface area contributed by atoms with E-state index < -0.39 is 5.92 Å². The molecular formula is C21H23ClFN3O3. The van der Waals surface area contributed by atoms with Gasteiger partial charge in [-0.2, -0.15) is 0 Å². The first kappa shape index (κ1) is 21.1. The lowest BCUT2D eigenvalue weighted by Gasteiger charge is -2.20. The van der Waals surface area contributed by atoms with Gasteiger partial charge in [0.2, 0.25) is 11.8 Å². The van der Waals surface area contributed by atoms with E-state index in [0.717, 1.165) is 12.1 Å². The van der Waals surface area contributed by atoms with Crippen LogP contribution in [-0.4, -0.2) is 32.0 Å². The number of amides is 2. The number of rotatable bonds is 4. The topological polar surface area (TPSA) is 70.7 Å². The highest BCUT2D eigenvalue weighted by atomic mass is 35.5. The SMILES string of the molecule is COc1ccc(N2CC(C(=O)Nc3ccc4c(c3F)CCNC4)CC2=O)cc1.Cl. The normalized spacial score (nSPS) is 18.1. The summed E-state index contributed by atoms with van der Waals surface area (Å²) >= 11 is 0. The van der Waals surface area contributed by atoms with Crippen molar-refractivity contribution in [3.05, 3.63) is 53.3 Å². The summed E-state index contributed by atoms with van der Waals surface area (Å²) in [5.74, 6) is -0.655. The van der Waals surface area contributed by atoms with Crippen LogP contribution >= 0.6 is 12.4 Å². The van der Waals surface area contributed by atoms with Crippen LogP contribution in [0.1, 0.15) is 17.5 Å². The standard InChI is InChI=1S/C21H22FN3O3.ClH/c1-28-16-5-3-15(4-6-16)25-12-14(10-19(25)26)21(27)24-18-7-2-13-11-23-9-8-17(13)20(18)22;/h2-7,14,23H,8-12H2,1H3,(H,24,27);1H. The minimum absolute atomic E-state index is 0. The Hall–Kier alpha value is -2.64. The number of hydrogen-bond acceptors (Lipinski definition) is 4. The maximum Gasteiger partial charge on any atom is 0.229 e. The fourth-order valence-electron chi connectivity index (χ4n) is 3.76. The van der Waals surface area contributed by atoms with Crippen LogP contribution < -0.4 is 20.3 Å². The van der Waals surface area contributed by atoms with Crippen LogP contribution in [0.25, 0.3) is 0 Å². The molecule has 2 N–H and O–H groups in total. The van der Waals surface area contributed by atoms with Gasteiger partial charge in [0.1, 0.15) is 11.6 Å². The van der Waals surface area contributed by atoms with Gasteiger partial charge in [-0.25, -0.2) is 4.39 Å². The first-order valence-electron chi connectivity index (χ1n) is 9.33. The van der Waals surface area contributed by atoms with Crippen molar-refractivity contribution in [2.45, 2.75) is 19.4 Å². The fourth-order valence-corrected chi connectivity index (χ4v) is 3.76. The second-order valence-corrected chi connectivity index (χ2v) is 7.08. The zero-order valence-corrected chi connectivity index (χ0v) is 16.9. The van der Waals surface area contributed by atoms with Crippen molar-refractivity contribution in [3.63, 3.8) is 0 Å². The largest absolute Gasteiger partial charge is 0.497 e. The third-order valence-corrected chi connectivity index (χ3v) is 5.35. The van der Waals surface area contributed by atoms with E-state index in [1.807, 2.05) is 6.07 Å². The molecule has 8 heteroatoms. The van der Waals surface area contributed by atoms with Gasteiger partial charge in [0.15, 0.2) is 0 Å². The number of carbonyl (C=O) groups is 2. The van der Waals surface area contributed by atoms with Gasteiger partial charge in [0.25, 0.3) is 0 Å². The molecule has 0 saturated carbocycles. The van der Waals surface area contributed by atoms with Crippen molar-refractivity contribution in [3.8, 4) is 5.75 Å². The summed E-state index contributed by atoms with van der Waals surface area (Å²) in [6, 6.07) is 10.5. The van der Waals surface area contributed by atoms with Gasteiger partial charge in [0.05, 0.1) is 18.7 Å². The Balaban J connectivity index is 0.00000240. The summed E-state index contributed by atoms with van der Waals surface area (Å²) in [4.78, 5) is 26.6. The van der Waals surface area contributed by atoms with Crippen molar-refractivity contribution in [1.29, 1.82) is 0 Å². The fraction of sp³-hybridized carbons (Fsp3) is 0.333. The van der Waals surface area contributed by atoms with Crippen LogP contribution in [-0.2, 0) is 22.6 Å². The molecule has 2 aliphatic heterocycles. The molecule has 0 aliphatic carbocycles. The molecule has 1 fully saturated rings. The number of benzene rings is 2. The predicted molar refractivity (Wildman–Crippen MR) is 111 cm³/mol. The van der Waals surface area contributed by atoms with E-state index in [0.29, 0.717) is 30.0 Å². The van der Waals surface area contributed by atoms with Crippen LogP contribution in [0.4, 0.5) is 15.8 Å². The number of halogens is 2. The van der Waals surface area contributed by atoms with Crippen LogP contribution in [0.15, 0.2) is 36.4 Å². The smallest absolute Gasteiger partial charge is 0.229 e. The summed E-state index contributed by atoms with van der Waals surface area (Å²) < 4.78 is 19.9. The van der Waals surface area contributed by atoms with Gasteiger partial charge in [-0.05, 0) is 54.4 Å². The summed E-state index contributed by atoms with van der Waals surface area (Å²) in [7, 11) is 1.58. The Kier molecular flexibility index (Phi) is 6.39. The van der Waals surface area contributed by atoms with Crippen LogP contribution in [0, 0.1) is 11.7 Å². The Morgan fingerprint density at radius 3 is 2.72 bits per heavy atom. The maximum absolute atomic E-state index is 14.8. The number of carbonyl (C=O) groups excluding carboxylic acids is 2. The number of hydrogen-bond donors (Lipinski definition) is 2. The van der Waals surface area contributed by atoms with E-state index in [1.165, 1.54) is 0 Å². The molecule has 0 bridgehead atoms. The highest BCUT2D eigenvalue weighted by Gasteiger charge is 2.35. The number of nitrogens with zero attached hydrogens (tertiary/aromatic N) is 1. The van der Waals surface area contributed by atoms with Gasteiger partial charge >= 0.3 is 0 Å². The van der Waals surface area contributed by atoms with Gasteiger partial charge in [0, 0.05) is 25.2 Å². The van der Waals surface area contributed by atoms with Crippen molar-refractivity contribution in [2.75, 3.05) is 30.4 Å². The molecule has 0 aromatic heterocycles. The molecule has 0 spiro atoms. The summed E-state index contributed by atoms with van der Waals surface area (Å²) in [5.41, 5.74) is 2.47. The van der Waals surface area contributed by atoms with Gasteiger partial charge in [-0.15, -0.1) is 12.4 Å². The molecular weight excluding hydrogens is 397 g/mol. The third-order valence-electron chi connectivity index (χ3n) is 5.35. The molecule has 2 aliphatic rings. The van der Waals surface area contributed by atoms with Crippen LogP contribution in [0.2, 0.25) is 0 Å². The van der Waals surface area contributed by atoms with E-state index in [2.05, 4.69) is 10.6 Å². The van der Waals surface area contributed by atoms with Crippen molar-refractivity contribution >= 4 is 35.6 Å². The quantitative estimate of drug-likeness (QED) is 0.799. The molecule has 2 aromatic rings. The molecule has 29 heavy (non-hydrogen) atoms. The van der Waals surface area contributed by atoms with Gasteiger partial charge in [-0.1, -0.05) is 6.07 Å². The molecule has 154 valence electrons. The minimum Gasteiger partial charge on any atom is -0.497 e. The first-order chi connectivity index (χ1) is 13.6. The Morgan fingerprint density at radius 1 is 1.24 bits per heavy atom. The van der Waals surface area contributed by atoms with Gasteiger partial charge in [-0.3, -0.25) is 9.59 Å². The third kappa shape index (κ3) is 4.21. The van der Waals surface area contributed by atoms with E-state index in [4.69, 9.17) is 4.74 Å². The summed E-state index contributed by atoms with van der Waals surface area (Å²) in [6.07, 6.45) is 0.701.